The Balaban J connectivity index is 1.84. The van der Waals surface area contributed by atoms with Crippen molar-refractivity contribution in [3.8, 4) is 5.88 Å². The first-order valence-corrected chi connectivity index (χ1v) is 6.40. The predicted molar refractivity (Wildman–Crippen MR) is 73.0 cm³/mol. The predicted octanol–water partition coefficient (Wildman–Crippen LogP) is 2.78. The van der Waals surface area contributed by atoms with E-state index in [0.717, 1.165) is 17.2 Å². The van der Waals surface area contributed by atoms with Gasteiger partial charge in [0.2, 0.25) is 5.88 Å². The highest BCUT2D eigenvalue weighted by molar-refractivity contribution is 5.13. The van der Waals surface area contributed by atoms with Crippen LogP contribution in [0.4, 0.5) is 0 Å². The molecule has 0 saturated heterocycles. The second kappa shape index (κ2) is 5.48. The maximum Gasteiger partial charge on any atom is 0.233 e. The summed E-state index contributed by atoms with van der Waals surface area (Å²) in [5.74, 6) is 2.29. The van der Waals surface area contributed by atoms with Gasteiger partial charge in [-0.05, 0) is 39.8 Å². The van der Waals surface area contributed by atoms with Crippen LogP contribution >= 0.6 is 0 Å². The van der Waals surface area contributed by atoms with Crippen molar-refractivity contribution in [1.82, 2.24) is 15.5 Å². The molecule has 5 heteroatoms. The number of H-pyrrole nitrogens is 1. The average molecular weight is 263 g/mol. The van der Waals surface area contributed by atoms with Crippen LogP contribution in [0.25, 0.3) is 0 Å². The zero-order valence-electron chi connectivity index (χ0n) is 11.9. The molecule has 5 nitrogen and oxygen atoms in total. The van der Waals surface area contributed by atoms with Crippen molar-refractivity contribution in [1.29, 1.82) is 0 Å². The van der Waals surface area contributed by atoms with E-state index < -0.39 is 0 Å². The number of nitrogens with one attached hydrogen (secondary N) is 2. The zero-order valence-corrected chi connectivity index (χ0v) is 11.9. The SMILES string of the molecule is Cc1cc(OCc2ccc(CNC(C)(C)C)o2)n[nH]1. The molecule has 0 unspecified atom stereocenters. The maximum atomic E-state index is 5.68. The van der Waals surface area contributed by atoms with Crippen molar-refractivity contribution in [3.05, 3.63) is 35.4 Å². The summed E-state index contributed by atoms with van der Waals surface area (Å²) in [4.78, 5) is 0. The van der Waals surface area contributed by atoms with Gasteiger partial charge in [0.05, 0.1) is 6.54 Å². The van der Waals surface area contributed by atoms with E-state index in [2.05, 4.69) is 36.3 Å². The van der Waals surface area contributed by atoms with Gasteiger partial charge in [0.25, 0.3) is 0 Å². The summed E-state index contributed by atoms with van der Waals surface area (Å²) in [6.07, 6.45) is 0. The molecule has 0 fully saturated rings. The summed E-state index contributed by atoms with van der Waals surface area (Å²) in [6.45, 7) is 9.41. The number of ether oxygens (including phenoxy) is 1. The minimum Gasteiger partial charge on any atom is -0.468 e. The van der Waals surface area contributed by atoms with Crippen LogP contribution in [-0.2, 0) is 13.2 Å². The molecule has 0 amide bonds. The van der Waals surface area contributed by atoms with Crippen LogP contribution in [0.1, 0.15) is 38.0 Å². The Morgan fingerprint density at radius 3 is 2.68 bits per heavy atom. The molecule has 0 saturated carbocycles. The van der Waals surface area contributed by atoms with Gasteiger partial charge in [0.1, 0.15) is 18.1 Å². The van der Waals surface area contributed by atoms with Crippen molar-refractivity contribution in [2.75, 3.05) is 0 Å². The fourth-order valence-electron chi connectivity index (χ4n) is 1.56. The van der Waals surface area contributed by atoms with Gasteiger partial charge in [0, 0.05) is 17.3 Å². The zero-order chi connectivity index (χ0) is 13.9. The van der Waals surface area contributed by atoms with E-state index >= 15 is 0 Å². The molecule has 0 bridgehead atoms. The summed E-state index contributed by atoms with van der Waals surface area (Å²) in [5, 5.41) is 10.2. The molecule has 2 rings (SSSR count). The van der Waals surface area contributed by atoms with Gasteiger partial charge in [-0.3, -0.25) is 5.10 Å². The highest BCUT2D eigenvalue weighted by atomic mass is 16.5. The quantitative estimate of drug-likeness (QED) is 0.870. The van der Waals surface area contributed by atoms with Crippen LogP contribution in [0.2, 0.25) is 0 Å². The maximum absolute atomic E-state index is 5.68. The van der Waals surface area contributed by atoms with Crippen LogP contribution in [0.15, 0.2) is 22.6 Å². The minimum absolute atomic E-state index is 0.0794. The molecule has 104 valence electrons. The number of nitrogens with zero attached hydrogens (tertiary/aromatic N) is 1. The topological polar surface area (TPSA) is 63.1 Å². The van der Waals surface area contributed by atoms with Gasteiger partial charge in [-0.15, -0.1) is 5.10 Å². The van der Waals surface area contributed by atoms with Gasteiger partial charge >= 0.3 is 0 Å². The number of furan rings is 1. The van der Waals surface area contributed by atoms with E-state index in [4.69, 9.17) is 9.15 Å². The molecule has 0 aliphatic carbocycles. The van der Waals surface area contributed by atoms with Gasteiger partial charge in [-0.25, -0.2) is 0 Å². The van der Waals surface area contributed by atoms with Crippen LogP contribution in [-0.4, -0.2) is 15.7 Å². The van der Waals surface area contributed by atoms with Gasteiger partial charge in [-0.2, -0.15) is 0 Å². The first kappa shape index (κ1) is 13.7. The second-order valence-corrected chi connectivity index (χ2v) is 5.65. The molecule has 0 radical (unpaired) electrons. The fourth-order valence-corrected chi connectivity index (χ4v) is 1.56. The summed E-state index contributed by atoms with van der Waals surface area (Å²) in [7, 11) is 0. The highest BCUT2D eigenvalue weighted by Gasteiger charge is 2.10. The molecule has 0 aliphatic heterocycles. The van der Waals surface area contributed by atoms with Crippen molar-refractivity contribution >= 4 is 0 Å². The largest absolute Gasteiger partial charge is 0.468 e. The van der Waals surface area contributed by atoms with Crippen LogP contribution in [0.5, 0.6) is 5.88 Å². The smallest absolute Gasteiger partial charge is 0.233 e. The molecule has 0 aliphatic rings. The average Bonchev–Trinajstić information content (AvgIpc) is 2.92. The van der Waals surface area contributed by atoms with Crippen molar-refractivity contribution < 1.29 is 9.15 Å². The summed E-state index contributed by atoms with van der Waals surface area (Å²) < 4.78 is 11.2. The van der Waals surface area contributed by atoms with E-state index in [9.17, 15) is 0 Å². The van der Waals surface area contributed by atoms with Crippen LogP contribution in [0.3, 0.4) is 0 Å². The first-order valence-electron chi connectivity index (χ1n) is 6.40. The summed E-state index contributed by atoms with van der Waals surface area (Å²) in [5.41, 5.74) is 1.06. The van der Waals surface area contributed by atoms with Gasteiger partial charge in [-0.1, -0.05) is 0 Å². The van der Waals surface area contributed by atoms with Crippen molar-refractivity contribution in [2.45, 2.75) is 46.4 Å². The van der Waals surface area contributed by atoms with E-state index in [1.54, 1.807) is 0 Å². The molecular formula is C14H21N3O2. The third-order valence-electron chi connectivity index (χ3n) is 2.55. The highest BCUT2D eigenvalue weighted by Crippen LogP contribution is 2.13. The Morgan fingerprint density at radius 1 is 1.32 bits per heavy atom. The van der Waals surface area contributed by atoms with E-state index in [1.807, 2.05) is 25.1 Å². The third-order valence-corrected chi connectivity index (χ3v) is 2.55. The Labute approximate surface area is 113 Å². The molecule has 0 aromatic carbocycles. The number of aryl methyl sites for hydroxylation is 1. The Morgan fingerprint density at radius 2 is 2.05 bits per heavy atom. The molecule has 2 N–H and O–H groups in total. The third kappa shape index (κ3) is 4.44. The number of aromatic nitrogens is 2. The van der Waals surface area contributed by atoms with Crippen molar-refractivity contribution in [2.24, 2.45) is 0 Å². The van der Waals surface area contributed by atoms with Gasteiger partial charge < -0.3 is 14.5 Å². The standard InChI is InChI=1S/C14H21N3O2/c1-10-7-13(17-16-10)18-9-12-6-5-11(19-12)8-15-14(2,3)4/h5-7,15H,8-9H2,1-4H3,(H,16,17). The van der Waals surface area contributed by atoms with Crippen LogP contribution in [0, 0.1) is 6.92 Å². The molecule has 2 aromatic heterocycles. The van der Waals surface area contributed by atoms with Gasteiger partial charge in [0.15, 0.2) is 0 Å². The number of hydrogen-bond donors (Lipinski definition) is 2. The lowest BCUT2D eigenvalue weighted by Crippen LogP contribution is -2.34. The van der Waals surface area contributed by atoms with Crippen LogP contribution < -0.4 is 10.1 Å². The minimum atomic E-state index is 0.0794. The lowest BCUT2D eigenvalue weighted by Gasteiger charge is -2.19. The molecule has 0 atom stereocenters. The van der Waals surface area contributed by atoms with E-state index in [1.165, 1.54) is 0 Å². The lowest BCUT2D eigenvalue weighted by molar-refractivity contribution is 0.254. The lowest BCUT2D eigenvalue weighted by atomic mass is 10.1. The second-order valence-electron chi connectivity index (χ2n) is 5.65. The summed E-state index contributed by atoms with van der Waals surface area (Å²) >= 11 is 0. The van der Waals surface area contributed by atoms with E-state index in [-0.39, 0.29) is 5.54 Å². The van der Waals surface area contributed by atoms with E-state index in [0.29, 0.717) is 19.0 Å². The van der Waals surface area contributed by atoms with Crippen molar-refractivity contribution in [3.63, 3.8) is 0 Å². The molecular weight excluding hydrogens is 242 g/mol. The molecule has 0 spiro atoms. The Kier molecular flexibility index (Phi) is 3.95. The monoisotopic (exact) mass is 263 g/mol. The normalized spacial score (nSPS) is 11.8. The number of rotatable bonds is 5. The Bertz CT molecular complexity index is 523. The Hall–Kier alpha value is -1.75. The number of hydrogen-bond acceptors (Lipinski definition) is 4. The fraction of sp³-hybridized carbons (Fsp3) is 0.500. The first-order chi connectivity index (χ1) is 8.92. The molecule has 2 aromatic rings. The summed E-state index contributed by atoms with van der Waals surface area (Å²) in [6, 6.07) is 5.75. The number of aromatic amines is 1. The molecule has 19 heavy (non-hydrogen) atoms. The molecule has 2 heterocycles.